The molecule has 0 aromatic heterocycles. The van der Waals surface area contributed by atoms with Crippen LogP contribution in [0.25, 0.3) is 0 Å². The van der Waals surface area contributed by atoms with Gasteiger partial charge in [0.25, 0.3) is 0 Å². The van der Waals surface area contributed by atoms with Crippen LogP contribution in [0.5, 0.6) is 0 Å². The van der Waals surface area contributed by atoms with Gasteiger partial charge in [-0.15, -0.1) is 0 Å². The zero-order valence-corrected chi connectivity index (χ0v) is 10.9. The molecule has 3 N–H and O–H groups in total. The summed E-state index contributed by atoms with van der Waals surface area (Å²) in [5, 5.41) is 3.06. The first-order valence-corrected chi connectivity index (χ1v) is 7.24. The Hall–Kier alpha value is -0.220. The maximum absolute atomic E-state index is 12.0. The van der Waals surface area contributed by atoms with Crippen molar-refractivity contribution in [3.63, 3.8) is 0 Å². The third kappa shape index (κ3) is 2.54. The predicted molar refractivity (Wildman–Crippen MR) is 68.5 cm³/mol. The molecule has 92 valence electrons. The van der Waals surface area contributed by atoms with Crippen LogP contribution in [0.2, 0.25) is 0 Å². The third-order valence-corrected chi connectivity index (χ3v) is 5.41. The SMILES string of the molecule is CC1(CNC(=O)C2(N)CCCC2)CCCS1. The first-order valence-electron chi connectivity index (χ1n) is 6.25. The molecule has 1 saturated carbocycles. The standard InChI is InChI=1S/C12H22N2OS/c1-11(5-4-8-16-11)9-14-10(15)12(13)6-2-3-7-12/h2-9,13H2,1H3,(H,14,15). The molecular formula is C12H22N2OS. The Bertz CT molecular complexity index is 268. The third-order valence-electron chi connectivity index (χ3n) is 3.87. The van der Waals surface area contributed by atoms with Crippen LogP contribution in [-0.4, -0.2) is 28.5 Å². The van der Waals surface area contributed by atoms with Crippen LogP contribution >= 0.6 is 11.8 Å². The van der Waals surface area contributed by atoms with Crippen LogP contribution in [0.3, 0.4) is 0 Å². The lowest BCUT2D eigenvalue weighted by molar-refractivity contribution is -0.126. The Balaban J connectivity index is 1.83. The van der Waals surface area contributed by atoms with Gasteiger partial charge in [-0.2, -0.15) is 11.8 Å². The Morgan fingerprint density at radius 2 is 2.00 bits per heavy atom. The van der Waals surface area contributed by atoms with Crippen molar-refractivity contribution in [1.29, 1.82) is 0 Å². The van der Waals surface area contributed by atoms with E-state index in [0.717, 1.165) is 32.2 Å². The quantitative estimate of drug-likeness (QED) is 0.791. The zero-order valence-electron chi connectivity index (χ0n) is 10.1. The molecule has 1 aliphatic carbocycles. The lowest BCUT2D eigenvalue weighted by atomic mass is 9.97. The second kappa shape index (κ2) is 4.57. The number of carbonyl (C=O) groups excluding carboxylic acids is 1. The number of carbonyl (C=O) groups is 1. The highest BCUT2D eigenvalue weighted by Crippen LogP contribution is 2.37. The Labute approximate surface area is 102 Å². The van der Waals surface area contributed by atoms with Gasteiger partial charge >= 0.3 is 0 Å². The highest BCUT2D eigenvalue weighted by Gasteiger charge is 2.38. The van der Waals surface area contributed by atoms with E-state index in [4.69, 9.17) is 5.73 Å². The summed E-state index contributed by atoms with van der Waals surface area (Å²) in [6.07, 6.45) is 6.36. The van der Waals surface area contributed by atoms with E-state index in [1.54, 1.807) is 0 Å². The highest BCUT2D eigenvalue weighted by atomic mass is 32.2. The number of rotatable bonds is 3. The molecule has 0 spiro atoms. The normalized spacial score (nSPS) is 32.9. The van der Waals surface area contributed by atoms with Gasteiger partial charge in [0, 0.05) is 11.3 Å². The van der Waals surface area contributed by atoms with Crippen molar-refractivity contribution in [2.45, 2.75) is 55.7 Å². The second-order valence-corrected chi connectivity index (χ2v) is 7.13. The number of hydrogen-bond acceptors (Lipinski definition) is 3. The molecule has 3 nitrogen and oxygen atoms in total. The molecule has 2 fully saturated rings. The van der Waals surface area contributed by atoms with Crippen LogP contribution in [0.1, 0.15) is 45.4 Å². The monoisotopic (exact) mass is 242 g/mol. The van der Waals surface area contributed by atoms with Gasteiger partial charge in [0.2, 0.25) is 5.91 Å². The topological polar surface area (TPSA) is 55.1 Å². The maximum Gasteiger partial charge on any atom is 0.240 e. The van der Waals surface area contributed by atoms with Gasteiger partial charge in [-0.3, -0.25) is 4.79 Å². The number of hydrogen-bond donors (Lipinski definition) is 2. The molecule has 1 saturated heterocycles. The van der Waals surface area contributed by atoms with Gasteiger partial charge in [0.15, 0.2) is 0 Å². The largest absolute Gasteiger partial charge is 0.353 e. The van der Waals surface area contributed by atoms with E-state index in [1.807, 2.05) is 11.8 Å². The summed E-state index contributed by atoms with van der Waals surface area (Å²) in [6, 6.07) is 0. The number of amides is 1. The van der Waals surface area contributed by atoms with E-state index in [1.165, 1.54) is 18.6 Å². The van der Waals surface area contributed by atoms with Crippen molar-refractivity contribution in [3.05, 3.63) is 0 Å². The summed E-state index contributed by atoms with van der Waals surface area (Å²) in [5.41, 5.74) is 5.54. The number of nitrogens with one attached hydrogen (secondary N) is 1. The molecule has 1 amide bonds. The van der Waals surface area contributed by atoms with Crippen molar-refractivity contribution in [2.24, 2.45) is 5.73 Å². The molecule has 4 heteroatoms. The lowest BCUT2D eigenvalue weighted by Crippen LogP contribution is -2.54. The first-order chi connectivity index (χ1) is 7.54. The minimum atomic E-state index is -0.570. The maximum atomic E-state index is 12.0. The summed E-state index contributed by atoms with van der Waals surface area (Å²) in [7, 11) is 0. The Morgan fingerprint density at radius 3 is 2.56 bits per heavy atom. The van der Waals surface area contributed by atoms with Crippen LogP contribution in [0.4, 0.5) is 0 Å². The van der Waals surface area contributed by atoms with E-state index in [-0.39, 0.29) is 10.7 Å². The Morgan fingerprint density at radius 1 is 1.31 bits per heavy atom. The second-order valence-electron chi connectivity index (χ2n) is 5.45. The van der Waals surface area contributed by atoms with E-state index >= 15 is 0 Å². The average molecular weight is 242 g/mol. The minimum absolute atomic E-state index is 0.0683. The first kappa shape index (κ1) is 12.2. The average Bonchev–Trinajstić information content (AvgIpc) is 2.86. The molecule has 2 aliphatic rings. The summed E-state index contributed by atoms with van der Waals surface area (Å²) in [6.45, 7) is 3.01. The van der Waals surface area contributed by atoms with Crippen LogP contribution in [-0.2, 0) is 4.79 Å². The Kier molecular flexibility index (Phi) is 3.50. The summed E-state index contributed by atoms with van der Waals surface area (Å²) in [4.78, 5) is 12.0. The minimum Gasteiger partial charge on any atom is -0.353 e. The van der Waals surface area contributed by atoms with Gasteiger partial charge < -0.3 is 11.1 Å². The lowest BCUT2D eigenvalue weighted by Gasteiger charge is -2.27. The molecule has 2 rings (SSSR count). The van der Waals surface area contributed by atoms with E-state index in [2.05, 4.69) is 12.2 Å². The number of nitrogens with two attached hydrogens (primary N) is 1. The molecule has 1 unspecified atom stereocenters. The smallest absolute Gasteiger partial charge is 0.240 e. The van der Waals surface area contributed by atoms with Gasteiger partial charge in [-0.1, -0.05) is 12.8 Å². The van der Waals surface area contributed by atoms with Crippen molar-refractivity contribution in [1.82, 2.24) is 5.32 Å². The molecular weight excluding hydrogens is 220 g/mol. The van der Waals surface area contributed by atoms with E-state index in [9.17, 15) is 4.79 Å². The fourth-order valence-corrected chi connectivity index (χ4v) is 3.90. The number of thioether (sulfide) groups is 1. The van der Waals surface area contributed by atoms with Crippen molar-refractivity contribution < 1.29 is 4.79 Å². The van der Waals surface area contributed by atoms with Gasteiger partial charge in [-0.05, 0) is 38.4 Å². The molecule has 0 aromatic rings. The van der Waals surface area contributed by atoms with Crippen molar-refractivity contribution >= 4 is 17.7 Å². The summed E-state index contributed by atoms with van der Waals surface area (Å²) < 4.78 is 0.241. The van der Waals surface area contributed by atoms with Gasteiger partial charge in [0.05, 0.1) is 5.54 Å². The molecule has 1 aliphatic heterocycles. The molecule has 0 aromatic carbocycles. The molecule has 1 heterocycles. The van der Waals surface area contributed by atoms with Crippen molar-refractivity contribution in [2.75, 3.05) is 12.3 Å². The van der Waals surface area contributed by atoms with E-state index < -0.39 is 5.54 Å². The van der Waals surface area contributed by atoms with E-state index in [0.29, 0.717) is 0 Å². The molecule has 1 atom stereocenters. The molecule has 0 radical (unpaired) electrons. The zero-order chi connectivity index (χ0) is 11.6. The van der Waals surface area contributed by atoms with Gasteiger partial charge in [0.1, 0.15) is 0 Å². The molecule has 0 bridgehead atoms. The summed E-state index contributed by atoms with van der Waals surface area (Å²) in [5.74, 6) is 1.29. The summed E-state index contributed by atoms with van der Waals surface area (Å²) >= 11 is 1.97. The molecule has 16 heavy (non-hydrogen) atoms. The highest BCUT2D eigenvalue weighted by molar-refractivity contribution is 8.00. The van der Waals surface area contributed by atoms with Gasteiger partial charge in [-0.25, -0.2) is 0 Å². The van der Waals surface area contributed by atoms with Crippen LogP contribution in [0.15, 0.2) is 0 Å². The fourth-order valence-electron chi connectivity index (χ4n) is 2.65. The van der Waals surface area contributed by atoms with Crippen LogP contribution < -0.4 is 11.1 Å². The fraction of sp³-hybridized carbons (Fsp3) is 0.917. The van der Waals surface area contributed by atoms with Crippen LogP contribution in [0, 0.1) is 0 Å². The predicted octanol–water partition coefficient (Wildman–Crippen LogP) is 1.66. The van der Waals surface area contributed by atoms with Crippen molar-refractivity contribution in [3.8, 4) is 0 Å².